The lowest BCUT2D eigenvalue weighted by atomic mass is 9.59. The van der Waals surface area contributed by atoms with E-state index < -0.39 is 0 Å². The minimum absolute atomic E-state index is 0.0410. The standard InChI is InChI=1S/C22H31NO4/c1-21(2)15-12-17-19(14-5-4-6-16(11-14)26-3)27-10-8-22(17,13-15)20(21)23-18(25)7-9-24/h4-6,11,15,17,19-20,24H,7-10,12-13H2,1-3H3,(H,23,25)/t15-,17-,19-,20-,22-/m1/s1. The van der Waals surface area contributed by atoms with Crippen molar-refractivity contribution in [1.82, 2.24) is 5.32 Å². The van der Waals surface area contributed by atoms with Gasteiger partial charge in [0.25, 0.3) is 0 Å². The minimum Gasteiger partial charge on any atom is -0.497 e. The number of amides is 1. The first kappa shape index (κ1) is 18.8. The Morgan fingerprint density at radius 1 is 1.41 bits per heavy atom. The van der Waals surface area contributed by atoms with E-state index in [0.717, 1.165) is 25.0 Å². The smallest absolute Gasteiger partial charge is 0.222 e. The molecule has 1 spiro atoms. The molecule has 1 amide bonds. The fourth-order valence-corrected chi connectivity index (χ4v) is 6.27. The topological polar surface area (TPSA) is 67.8 Å². The van der Waals surface area contributed by atoms with E-state index in [1.54, 1.807) is 7.11 Å². The summed E-state index contributed by atoms with van der Waals surface area (Å²) in [6, 6.07) is 8.33. The fraction of sp³-hybridized carbons (Fsp3) is 0.682. The van der Waals surface area contributed by atoms with Crippen molar-refractivity contribution in [3.8, 4) is 5.75 Å². The minimum atomic E-state index is -0.103. The maximum atomic E-state index is 12.4. The van der Waals surface area contributed by atoms with E-state index in [4.69, 9.17) is 14.6 Å². The molecule has 27 heavy (non-hydrogen) atoms. The summed E-state index contributed by atoms with van der Waals surface area (Å²) in [5.74, 6) is 1.79. The maximum Gasteiger partial charge on any atom is 0.222 e. The van der Waals surface area contributed by atoms with Gasteiger partial charge in [-0.15, -0.1) is 0 Å². The number of aliphatic hydroxyl groups is 1. The summed E-state index contributed by atoms with van der Waals surface area (Å²) in [4.78, 5) is 12.4. The van der Waals surface area contributed by atoms with Crippen LogP contribution < -0.4 is 10.1 Å². The SMILES string of the molecule is COc1cccc([C@H]2OCC[C@@]34C[C@@H](C[C@H]23)C(C)(C)[C@H]4NC(=O)CCO)c1. The molecule has 2 aliphatic carbocycles. The van der Waals surface area contributed by atoms with E-state index in [1.165, 1.54) is 5.56 Å². The van der Waals surface area contributed by atoms with Gasteiger partial charge in [-0.05, 0) is 59.6 Å². The van der Waals surface area contributed by atoms with E-state index in [2.05, 4.69) is 31.3 Å². The van der Waals surface area contributed by atoms with Crippen LogP contribution >= 0.6 is 0 Å². The Labute approximate surface area is 161 Å². The number of fused-ring (bicyclic) bond motifs is 1. The van der Waals surface area contributed by atoms with Crippen LogP contribution in [0.4, 0.5) is 0 Å². The van der Waals surface area contributed by atoms with Gasteiger partial charge in [0.15, 0.2) is 0 Å². The normalized spacial score (nSPS) is 36.3. The second kappa shape index (κ2) is 6.78. The van der Waals surface area contributed by atoms with E-state index in [9.17, 15) is 4.79 Å². The third-order valence-electron chi connectivity index (χ3n) is 7.57. The first-order valence-corrected chi connectivity index (χ1v) is 10.1. The van der Waals surface area contributed by atoms with E-state index >= 15 is 0 Å². The number of methoxy groups -OCH3 is 1. The second-order valence-electron chi connectivity index (χ2n) is 9.09. The number of nitrogens with one attached hydrogen (secondary N) is 1. The van der Waals surface area contributed by atoms with Gasteiger partial charge in [-0.2, -0.15) is 0 Å². The third-order valence-corrected chi connectivity index (χ3v) is 7.57. The molecule has 2 saturated carbocycles. The summed E-state index contributed by atoms with van der Waals surface area (Å²) in [7, 11) is 1.69. The summed E-state index contributed by atoms with van der Waals surface area (Å²) < 4.78 is 11.7. The Kier molecular flexibility index (Phi) is 4.71. The molecule has 1 aliphatic heterocycles. The predicted octanol–water partition coefficient (Wildman–Crippen LogP) is 3.08. The summed E-state index contributed by atoms with van der Waals surface area (Å²) in [6.07, 6.45) is 3.50. The highest BCUT2D eigenvalue weighted by Crippen LogP contribution is 2.70. The van der Waals surface area contributed by atoms with Crippen LogP contribution in [0.1, 0.15) is 51.2 Å². The van der Waals surface area contributed by atoms with Gasteiger partial charge in [0.05, 0.1) is 19.8 Å². The van der Waals surface area contributed by atoms with Gasteiger partial charge < -0.3 is 19.9 Å². The Hall–Kier alpha value is -1.59. The van der Waals surface area contributed by atoms with Crippen molar-refractivity contribution in [2.45, 2.75) is 51.7 Å². The number of ether oxygens (including phenoxy) is 2. The molecular weight excluding hydrogens is 342 g/mol. The molecule has 1 saturated heterocycles. The molecule has 3 aliphatic rings. The van der Waals surface area contributed by atoms with Gasteiger partial charge in [-0.3, -0.25) is 4.79 Å². The van der Waals surface area contributed by atoms with Gasteiger partial charge in [0.1, 0.15) is 5.75 Å². The molecule has 5 nitrogen and oxygen atoms in total. The number of rotatable bonds is 5. The lowest BCUT2D eigenvalue weighted by Crippen LogP contribution is -2.59. The van der Waals surface area contributed by atoms with Crippen molar-refractivity contribution in [1.29, 1.82) is 0 Å². The Morgan fingerprint density at radius 3 is 2.96 bits per heavy atom. The van der Waals surface area contributed by atoms with E-state index in [1.807, 2.05) is 12.1 Å². The first-order chi connectivity index (χ1) is 12.9. The average molecular weight is 373 g/mol. The molecule has 2 bridgehead atoms. The van der Waals surface area contributed by atoms with Gasteiger partial charge in [-0.1, -0.05) is 26.0 Å². The van der Waals surface area contributed by atoms with Crippen LogP contribution in [-0.4, -0.2) is 37.4 Å². The molecule has 0 unspecified atom stereocenters. The summed E-state index contributed by atoms with van der Waals surface area (Å²) in [5.41, 5.74) is 1.31. The predicted molar refractivity (Wildman–Crippen MR) is 102 cm³/mol. The molecule has 1 aromatic rings. The highest BCUT2D eigenvalue weighted by molar-refractivity contribution is 5.76. The van der Waals surface area contributed by atoms with Crippen LogP contribution in [0.2, 0.25) is 0 Å². The van der Waals surface area contributed by atoms with Crippen LogP contribution in [0.5, 0.6) is 5.75 Å². The molecule has 1 heterocycles. The van der Waals surface area contributed by atoms with Crippen molar-refractivity contribution in [3.05, 3.63) is 29.8 Å². The van der Waals surface area contributed by atoms with Crippen LogP contribution in [-0.2, 0) is 9.53 Å². The lowest BCUT2D eigenvalue weighted by molar-refractivity contribution is -0.137. The lowest BCUT2D eigenvalue weighted by Gasteiger charge is -2.53. The van der Waals surface area contributed by atoms with E-state index in [-0.39, 0.29) is 41.9 Å². The molecular formula is C22H31NO4. The van der Waals surface area contributed by atoms with Gasteiger partial charge >= 0.3 is 0 Å². The molecule has 2 N–H and O–H groups in total. The number of benzene rings is 1. The summed E-state index contributed by atoms with van der Waals surface area (Å²) in [6.45, 7) is 5.20. The fourth-order valence-electron chi connectivity index (χ4n) is 6.27. The zero-order valence-corrected chi connectivity index (χ0v) is 16.5. The van der Waals surface area contributed by atoms with Crippen molar-refractivity contribution < 1.29 is 19.4 Å². The Morgan fingerprint density at radius 2 is 2.22 bits per heavy atom. The van der Waals surface area contributed by atoms with Crippen LogP contribution in [0.15, 0.2) is 24.3 Å². The Bertz CT molecular complexity index is 718. The first-order valence-electron chi connectivity index (χ1n) is 10.1. The Balaban J connectivity index is 1.66. The number of hydrogen-bond acceptors (Lipinski definition) is 4. The maximum absolute atomic E-state index is 12.4. The van der Waals surface area contributed by atoms with Crippen molar-refractivity contribution in [2.24, 2.45) is 22.7 Å². The molecule has 1 aromatic carbocycles. The van der Waals surface area contributed by atoms with Crippen LogP contribution in [0.3, 0.4) is 0 Å². The quantitative estimate of drug-likeness (QED) is 0.832. The van der Waals surface area contributed by atoms with Crippen LogP contribution in [0, 0.1) is 22.7 Å². The van der Waals surface area contributed by atoms with Crippen molar-refractivity contribution in [2.75, 3.05) is 20.3 Å². The van der Waals surface area contributed by atoms with E-state index in [0.29, 0.717) is 18.4 Å². The van der Waals surface area contributed by atoms with Crippen LogP contribution in [0.25, 0.3) is 0 Å². The highest BCUT2D eigenvalue weighted by atomic mass is 16.5. The average Bonchev–Trinajstić information content (AvgIpc) is 3.14. The zero-order chi connectivity index (χ0) is 19.2. The molecule has 4 rings (SSSR count). The number of hydrogen-bond donors (Lipinski definition) is 2. The monoisotopic (exact) mass is 373 g/mol. The largest absolute Gasteiger partial charge is 0.497 e. The number of aliphatic hydroxyl groups excluding tert-OH is 1. The van der Waals surface area contributed by atoms with Gasteiger partial charge in [0, 0.05) is 19.1 Å². The zero-order valence-electron chi connectivity index (χ0n) is 16.5. The molecule has 148 valence electrons. The van der Waals surface area contributed by atoms with Crippen molar-refractivity contribution >= 4 is 5.91 Å². The number of carbonyl (C=O) groups excluding carboxylic acids is 1. The van der Waals surface area contributed by atoms with Gasteiger partial charge in [0.2, 0.25) is 5.91 Å². The molecule has 0 aromatic heterocycles. The van der Waals surface area contributed by atoms with Gasteiger partial charge in [-0.25, -0.2) is 0 Å². The highest BCUT2D eigenvalue weighted by Gasteiger charge is 2.68. The molecule has 5 heteroatoms. The second-order valence-corrected chi connectivity index (χ2v) is 9.09. The molecule has 0 radical (unpaired) electrons. The summed E-state index contributed by atoms with van der Waals surface area (Å²) in [5, 5.41) is 12.5. The number of carbonyl (C=O) groups is 1. The van der Waals surface area contributed by atoms with Crippen molar-refractivity contribution in [3.63, 3.8) is 0 Å². The molecule has 5 atom stereocenters. The third kappa shape index (κ3) is 2.87. The summed E-state index contributed by atoms with van der Waals surface area (Å²) >= 11 is 0. The molecule has 3 fully saturated rings.